The highest BCUT2D eigenvalue weighted by atomic mass is 16.5. The highest BCUT2D eigenvalue weighted by molar-refractivity contribution is 6.03. The maximum absolute atomic E-state index is 12.0. The third-order valence-electron chi connectivity index (χ3n) is 2.98. The number of carbonyl (C=O) groups excluding carboxylic acids is 1. The third kappa shape index (κ3) is 2.01. The molecule has 5 nitrogen and oxygen atoms in total. The van der Waals surface area contributed by atoms with Crippen molar-refractivity contribution in [1.29, 1.82) is 0 Å². The third-order valence-corrected chi connectivity index (χ3v) is 2.98. The Labute approximate surface area is 105 Å². The number of Topliss-reactive ketones (excluding diaryl/α,β-unsaturated/α-hetero) is 1. The van der Waals surface area contributed by atoms with E-state index < -0.39 is 0 Å². The summed E-state index contributed by atoms with van der Waals surface area (Å²) in [5.74, 6) is 0.548. The number of benzene rings is 1. The SMILES string of the molecule is COc1cc(O)c(CCO)c2c1C(=O)C[C@H](C)O2. The fraction of sp³-hybridized carbons (Fsp3) is 0.462. The van der Waals surface area contributed by atoms with Gasteiger partial charge in [0.2, 0.25) is 0 Å². The largest absolute Gasteiger partial charge is 0.507 e. The molecule has 0 saturated carbocycles. The molecule has 1 aliphatic heterocycles. The van der Waals surface area contributed by atoms with E-state index in [0.717, 1.165) is 0 Å². The zero-order valence-electron chi connectivity index (χ0n) is 10.4. The summed E-state index contributed by atoms with van der Waals surface area (Å²) in [5, 5.41) is 18.9. The van der Waals surface area contributed by atoms with Gasteiger partial charge < -0.3 is 19.7 Å². The Hall–Kier alpha value is -1.75. The minimum Gasteiger partial charge on any atom is -0.507 e. The maximum atomic E-state index is 12.0. The molecule has 1 aliphatic rings. The molecule has 2 N–H and O–H groups in total. The van der Waals surface area contributed by atoms with Gasteiger partial charge in [0.1, 0.15) is 28.9 Å². The monoisotopic (exact) mass is 252 g/mol. The summed E-state index contributed by atoms with van der Waals surface area (Å²) in [7, 11) is 1.44. The van der Waals surface area contributed by atoms with Crippen LogP contribution in [0.1, 0.15) is 29.3 Å². The van der Waals surface area contributed by atoms with E-state index in [1.165, 1.54) is 13.2 Å². The Morgan fingerprint density at radius 1 is 1.56 bits per heavy atom. The molecule has 1 aromatic rings. The lowest BCUT2D eigenvalue weighted by atomic mass is 9.95. The topological polar surface area (TPSA) is 76.0 Å². The first-order valence-corrected chi connectivity index (χ1v) is 5.82. The molecule has 0 unspecified atom stereocenters. The summed E-state index contributed by atoms with van der Waals surface area (Å²) in [5.41, 5.74) is 0.810. The van der Waals surface area contributed by atoms with Crippen LogP contribution in [0.3, 0.4) is 0 Å². The van der Waals surface area contributed by atoms with Gasteiger partial charge in [-0.2, -0.15) is 0 Å². The van der Waals surface area contributed by atoms with Crippen LogP contribution in [0.2, 0.25) is 0 Å². The fourth-order valence-corrected chi connectivity index (χ4v) is 2.18. The molecule has 0 aliphatic carbocycles. The van der Waals surface area contributed by atoms with Gasteiger partial charge in [-0.15, -0.1) is 0 Å². The lowest BCUT2D eigenvalue weighted by Crippen LogP contribution is -2.25. The lowest BCUT2D eigenvalue weighted by Gasteiger charge is -2.26. The number of phenols is 1. The normalized spacial score (nSPS) is 18.2. The number of carbonyl (C=O) groups is 1. The number of hydrogen-bond donors (Lipinski definition) is 2. The number of aromatic hydroxyl groups is 1. The molecule has 1 aromatic carbocycles. The molecular formula is C13H16O5. The Morgan fingerprint density at radius 2 is 2.28 bits per heavy atom. The van der Waals surface area contributed by atoms with Crippen molar-refractivity contribution in [2.45, 2.75) is 25.9 Å². The highest BCUT2D eigenvalue weighted by Crippen LogP contribution is 2.42. The lowest BCUT2D eigenvalue weighted by molar-refractivity contribution is 0.0862. The predicted molar refractivity (Wildman–Crippen MR) is 64.5 cm³/mol. The number of rotatable bonds is 3. The van der Waals surface area contributed by atoms with Gasteiger partial charge in [-0.3, -0.25) is 4.79 Å². The van der Waals surface area contributed by atoms with Crippen LogP contribution in [0.15, 0.2) is 6.07 Å². The van der Waals surface area contributed by atoms with Crippen molar-refractivity contribution in [3.8, 4) is 17.2 Å². The molecule has 18 heavy (non-hydrogen) atoms. The van der Waals surface area contributed by atoms with Crippen LogP contribution in [0, 0.1) is 0 Å². The van der Waals surface area contributed by atoms with Crippen LogP contribution >= 0.6 is 0 Å². The number of methoxy groups -OCH3 is 1. The number of hydrogen-bond acceptors (Lipinski definition) is 5. The summed E-state index contributed by atoms with van der Waals surface area (Å²) >= 11 is 0. The van der Waals surface area contributed by atoms with E-state index in [4.69, 9.17) is 14.6 Å². The summed E-state index contributed by atoms with van der Waals surface area (Å²) in [6.45, 7) is 1.67. The van der Waals surface area contributed by atoms with Crippen LogP contribution in [0.5, 0.6) is 17.2 Å². The van der Waals surface area contributed by atoms with Gasteiger partial charge in [-0.25, -0.2) is 0 Å². The molecule has 1 heterocycles. The van der Waals surface area contributed by atoms with Gasteiger partial charge in [0.25, 0.3) is 0 Å². The zero-order valence-corrected chi connectivity index (χ0v) is 10.4. The molecular weight excluding hydrogens is 236 g/mol. The van der Waals surface area contributed by atoms with Crippen LogP contribution < -0.4 is 9.47 Å². The minimum atomic E-state index is -0.242. The van der Waals surface area contributed by atoms with Gasteiger partial charge in [-0.05, 0) is 6.92 Å². The van der Waals surface area contributed by atoms with Crippen LogP contribution in [0.25, 0.3) is 0 Å². The summed E-state index contributed by atoms with van der Waals surface area (Å²) < 4.78 is 10.7. The number of fused-ring (bicyclic) bond motifs is 1. The van der Waals surface area contributed by atoms with Crippen molar-refractivity contribution in [3.05, 3.63) is 17.2 Å². The Morgan fingerprint density at radius 3 is 2.89 bits per heavy atom. The molecule has 5 heteroatoms. The van der Waals surface area contributed by atoms with Gasteiger partial charge in [0, 0.05) is 31.1 Å². The molecule has 0 aromatic heterocycles. The average Bonchev–Trinajstić information content (AvgIpc) is 2.32. The summed E-state index contributed by atoms with van der Waals surface area (Å²) in [4.78, 5) is 12.0. The number of phenolic OH excluding ortho intramolecular Hbond substituents is 1. The first-order valence-electron chi connectivity index (χ1n) is 5.82. The van der Waals surface area contributed by atoms with Gasteiger partial charge in [0.05, 0.1) is 7.11 Å². The quantitative estimate of drug-likeness (QED) is 0.847. The van der Waals surface area contributed by atoms with Crippen LogP contribution in [0.4, 0.5) is 0 Å². The first kappa shape index (κ1) is 12.7. The Bertz CT molecular complexity index is 481. The zero-order chi connectivity index (χ0) is 13.3. The molecule has 98 valence electrons. The molecule has 0 fully saturated rings. The van der Waals surface area contributed by atoms with Gasteiger partial charge in [-0.1, -0.05) is 0 Å². The first-order chi connectivity index (χ1) is 8.58. The number of aliphatic hydroxyl groups excluding tert-OH is 1. The van der Waals surface area contributed by atoms with Crippen molar-refractivity contribution in [1.82, 2.24) is 0 Å². The van der Waals surface area contributed by atoms with Crippen molar-refractivity contribution in [2.24, 2.45) is 0 Å². The number of aliphatic hydroxyl groups is 1. The molecule has 0 radical (unpaired) electrons. The molecule has 0 saturated heterocycles. The van der Waals surface area contributed by atoms with Crippen LogP contribution in [-0.2, 0) is 6.42 Å². The van der Waals surface area contributed by atoms with E-state index in [-0.39, 0.29) is 37.1 Å². The highest BCUT2D eigenvalue weighted by Gasteiger charge is 2.31. The minimum absolute atomic E-state index is 0.0263. The van der Waals surface area contributed by atoms with E-state index in [0.29, 0.717) is 22.6 Å². The van der Waals surface area contributed by atoms with Crippen molar-refractivity contribution in [2.75, 3.05) is 13.7 Å². The Kier molecular flexibility index (Phi) is 3.43. The van der Waals surface area contributed by atoms with E-state index in [2.05, 4.69) is 0 Å². The summed E-state index contributed by atoms with van der Waals surface area (Å²) in [6.07, 6.45) is 0.277. The average molecular weight is 252 g/mol. The second-order valence-electron chi connectivity index (χ2n) is 4.31. The number of ketones is 1. The summed E-state index contributed by atoms with van der Waals surface area (Å²) in [6, 6.07) is 1.39. The second kappa shape index (κ2) is 4.86. The molecule has 2 rings (SSSR count). The van der Waals surface area contributed by atoms with Crippen molar-refractivity contribution >= 4 is 5.78 Å². The van der Waals surface area contributed by atoms with Gasteiger partial charge in [0.15, 0.2) is 5.78 Å². The molecule has 0 bridgehead atoms. The molecule has 1 atom stereocenters. The molecule has 0 amide bonds. The molecule has 0 spiro atoms. The second-order valence-corrected chi connectivity index (χ2v) is 4.31. The van der Waals surface area contributed by atoms with Crippen molar-refractivity contribution < 1.29 is 24.5 Å². The predicted octanol–water partition coefficient (Wildman–Crippen LogP) is 1.29. The van der Waals surface area contributed by atoms with E-state index in [1.54, 1.807) is 6.92 Å². The van der Waals surface area contributed by atoms with Gasteiger partial charge >= 0.3 is 0 Å². The van der Waals surface area contributed by atoms with Crippen molar-refractivity contribution in [3.63, 3.8) is 0 Å². The maximum Gasteiger partial charge on any atom is 0.174 e. The van der Waals surface area contributed by atoms with Crippen LogP contribution in [-0.4, -0.2) is 35.8 Å². The fourth-order valence-electron chi connectivity index (χ4n) is 2.18. The number of ether oxygens (including phenoxy) is 2. The van der Waals surface area contributed by atoms with E-state index >= 15 is 0 Å². The smallest absolute Gasteiger partial charge is 0.174 e. The van der Waals surface area contributed by atoms with E-state index in [1.807, 2.05) is 0 Å². The standard InChI is InChI=1S/C13H16O5/c1-7-5-10(16)12-11(17-2)6-9(15)8(3-4-14)13(12)18-7/h6-7,14-15H,3-5H2,1-2H3/t7-/m0/s1. The van der Waals surface area contributed by atoms with E-state index in [9.17, 15) is 9.90 Å². The Balaban J connectivity index is 2.64.